The molecule has 0 aliphatic carbocycles. The molecule has 0 atom stereocenters. The summed E-state index contributed by atoms with van der Waals surface area (Å²) < 4.78 is 4.18. The number of carboxylic acid groups (broad SMARTS) is 1. The number of hydrogen-bond donors (Lipinski definition) is 0. The minimum atomic E-state index is -1.34. The monoisotopic (exact) mass is 182 g/mol. The van der Waals surface area contributed by atoms with E-state index in [2.05, 4.69) is 11.3 Å². The van der Waals surface area contributed by atoms with Crippen molar-refractivity contribution >= 4 is 11.9 Å². The molecule has 0 amide bonds. The van der Waals surface area contributed by atoms with Crippen molar-refractivity contribution in [3.05, 3.63) is 12.2 Å². The van der Waals surface area contributed by atoms with Crippen molar-refractivity contribution in [1.82, 2.24) is 0 Å². The molecule has 0 fully saturated rings. The van der Waals surface area contributed by atoms with Crippen LogP contribution in [0.3, 0.4) is 0 Å². The maximum Gasteiger partial charge on any atom is 1.00 e. The van der Waals surface area contributed by atoms with Crippen LogP contribution in [0, 0.1) is 0 Å². The van der Waals surface area contributed by atoms with Crippen LogP contribution >= 0.6 is 0 Å². The van der Waals surface area contributed by atoms with Gasteiger partial charge in [-0.3, -0.25) is 0 Å². The van der Waals surface area contributed by atoms with E-state index in [1.807, 2.05) is 0 Å². The molecule has 0 rings (SSSR count). The third-order valence-electron chi connectivity index (χ3n) is 0.832. The predicted molar refractivity (Wildman–Crippen MR) is 30.8 cm³/mol. The van der Waals surface area contributed by atoms with Crippen molar-refractivity contribution in [2.45, 2.75) is 6.42 Å². The molecule has 0 heterocycles. The van der Waals surface area contributed by atoms with E-state index in [4.69, 9.17) is 0 Å². The molecule has 56 valence electrons. The Balaban J connectivity index is 0. The molecule has 0 aromatic rings. The molecule has 0 aliphatic rings. The first-order valence-corrected chi connectivity index (χ1v) is 2.54. The quantitative estimate of drug-likeness (QED) is 0.252. The summed E-state index contributed by atoms with van der Waals surface area (Å²) in [6, 6.07) is 0. The minimum Gasteiger partial charge on any atom is -0.550 e. The molecule has 0 N–H and O–H groups in total. The Bertz CT molecular complexity index is 175. The maximum absolute atomic E-state index is 10.4. The van der Waals surface area contributed by atoms with Crippen LogP contribution in [-0.2, 0) is 14.3 Å². The zero-order valence-corrected chi connectivity index (χ0v) is 9.67. The van der Waals surface area contributed by atoms with Crippen LogP contribution in [0.1, 0.15) is 6.42 Å². The first-order valence-electron chi connectivity index (χ1n) is 2.54. The van der Waals surface area contributed by atoms with Gasteiger partial charge < -0.3 is 14.6 Å². The molecule has 5 heteroatoms. The van der Waals surface area contributed by atoms with Crippen LogP contribution in [0.2, 0.25) is 0 Å². The van der Waals surface area contributed by atoms with Gasteiger partial charge in [-0.25, -0.2) is 4.79 Å². The number of esters is 1. The Morgan fingerprint density at radius 1 is 1.55 bits per heavy atom. The molecule has 0 aromatic carbocycles. The summed E-state index contributed by atoms with van der Waals surface area (Å²) in [6.45, 7) is 3.17. The van der Waals surface area contributed by atoms with Gasteiger partial charge in [0.15, 0.2) is 0 Å². The van der Waals surface area contributed by atoms with Gasteiger partial charge >= 0.3 is 57.4 Å². The number of ether oxygens (including phenoxy) is 1. The van der Waals surface area contributed by atoms with E-state index in [-0.39, 0.29) is 57.0 Å². The van der Waals surface area contributed by atoms with Crippen molar-refractivity contribution in [3.63, 3.8) is 0 Å². The van der Waals surface area contributed by atoms with Gasteiger partial charge in [0.1, 0.15) is 0 Å². The second-order valence-corrected chi connectivity index (χ2v) is 1.64. The molecular weight excluding hydrogens is 175 g/mol. The summed E-state index contributed by atoms with van der Waals surface area (Å²) >= 11 is 0. The summed E-state index contributed by atoms with van der Waals surface area (Å²) in [6.07, 6.45) is -0.479. The standard InChI is InChI=1S/C6H8O4.K/c1-4(3-5(7)8)6(9)10-2;/h1,3H2,2H3,(H,7,8);/q;+1/p-1. The second-order valence-electron chi connectivity index (χ2n) is 1.64. The first-order chi connectivity index (χ1) is 4.57. The van der Waals surface area contributed by atoms with Gasteiger partial charge in [-0.1, -0.05) is 6.58 Å². The number of hydrogen-bond acceptors (Lipinski definition) is 4. The fraction of sp³-hybridized carbons (Fsp3) is 0.333. The van der Waals surface area contributed by atoms with Crippen LogP contribution in [0.15, 0.2) is 12.2 Å². The number of carboxylic acids is 1. The van der Waals surface area contributed by atoms with E-state index in [0.29, 0.717) is 0 Å². The summed E-state index contributed by atoms with van der Waals surface area (Å²) in [5, 5.41) is 9.85. The summed E-state index contributed by atoms with van der Waals surface area (Å²) in [5.74, 6) is -2.06. The molecule has 11 heavy (non-hydrogen) atoms. The van der Waals surface area contributed by atoms with Crippen LogP contribution in [0.4, 0.5) is 0 Å². The molecule has 0 saturated heterocycles. The molecule has 4 nitrogen and oxygen atoms in total. The average Bonchev–Trinajstić information content (AvgIpc) is 1.85. The van der Waals surface area contributed by atoms with Crippen molar-refractivity contribution in [1.29, 1.82) is 0 Å². The SMILES string of the molecule is C=C(CC(=O)[O-])C(=O)OC.[K+]. The Morgan fingerprint density at radius 2 is 2.00 bits per heavy atom. The molecule has 0 saturated carbocycles. The Hall–Kier alpha value is 0.316. The van der Waals surface area contributed by atoms with Crippen molar-refractivity contribution in [2.24, 2.45) is 0 Å². The van der Waals surface area contributed by atoms with Gasteiger partial charge in [-0.15, -0.1) is 0 Å². The zero-order valence-electron chi connectivity index (χ0n) is 6.55. The van der Waals surface area contributed by atoms with Gasteiger partial charge in [-0.2, -0.15) is 0 Å². The van der Waals surface area contributed by atoms with Crippen LogP contribution in [0.5, 0.6) is 0 Å². The van der Waals surface area contributed by atoms with Crippen molar-refractivity contribution in [3.8, 4) is 0 Å². The van der Waals surface area contributed by atoms with Crippen molar-refractivity contribution < 1.29 is 70.8 Å². The van der Waals surface area contributed by atoms with E-state index in [1.54, 1.807) is 0 Å². The molecule has 0 unspecified atom stereocenters. The minimum absolute atomic E-state index is 0. The van der Waals surface area contributed by atoms with E-state index >= 15 is 0 Å². The molecule has 0 aliphatic heterocycles. The number of rotatable bonds is 3. The number of carbonyl (C=O) groups excluding carboxylic acids is 2. The smallest absolute Gasteiger partial charge is 0.550 e. The van der Waals surface area contributed by atoms with Gasteiger partial charge in [0, 0.05) is 18.0 Å². The van der Waals surface area contributed by atoms with E-state index < -0.39 is 18.4 Å². The first kappa shape index (κ1) is 13.9. The summed E-state index contributed by atoms with van der Waals surface area (Å²) in [5.41, 5.74) is -0.109. The summed E-state index contributed by atoms with van der Waals surface area (Å²) in [7, 11) is 1.16. The average molecular weight is 182 g/mol. The van der Waals surface area contributed by atoms with E-state index in [1.165, 1.54) is 0 Å². The van der Waals surface area contributed by atoms with Crippen LogP contribution < -0.4 is 56.5 Å². The Morgan fingerprint density at radius 3 is 2.27 bits per heavy atom. The van der Waals surface area contributed by atoms with Gasteiger partial charge in [-0.05, 0) is 0 Å². The van der Waals surface area contributed by atoms with Crippen LogP contribution in [0.25, 0.3) is 0 Å². The van der Waals surface area contributed by atoms with Gasteiger partial charge in [0.25, 0.3) is 0 Å². The molecule has 0 spiro atoms. The number of carbonyl (C=O) groups is 2. The van der Waals surface area contributed by atoms with E-state index in [9.17, 15) is 14.7 Å². The fourth-order valence-corrected chi connectivity index (χ4v) is 0.391. The predicted octanol–water partition coefficient (Wildman–Crippen LogP) is -4.14. The molecular formula is C6H7KO4. The topological polar surface area (TPSA) is 66.4 Å². The van der Waals surface area contributed by atoms with Gasteiger partial charge in [0.05, 0.1) is 7.11 Å². The Kier molecular flexibility index (Phi) is 8.82. The van der Waals surface area contributed by atoms with Gasteiger partial charge in [0.2, 0.25) is 0 Å². The largest absolute Gasteiger partial charge is 1.00 e. The van der Waals surface area contributed by atoms with Crippen LogP contribution in [-0.4, -0.2) is 19.0 Å². The summed E-state index contributed by atoms with van der Waals surface area (Å²) in [4.78, 5) is 20.3. The number of methoxy groups -OCH3 is 1. The molecule has 0 aromatic heterocycles. The molecule has 0 bridgehead atoms. The second kappa shape index (κ2) is 6.99. The maximum atomic E-state index is 10.4. The van der Waals surface area contributed by atoms with E-state index in [0.717, 1.165) is 7.11 Å². The normalized spacial score (nSPS) is 7.73. The van der Waals surface area contributed by atoms with Crippen molar-refractivity contribution in [2.75, 3.05) is 7.11 Å². The Labute approximate surface area is 107 Å². The third-order valence-corrected chi connectivity index (χ3v) is 0.832. The zero-order chi connectivity index (χ0) is 8.15. The fourth-order valence-electron chi connectivity index (χ4n) is 0.391. The third kappa shape index (κ3) is 6.70. The number of aliphatic carboxylic acids is 1. The molecule has 0 radical (unpaired) electrons.